The fraction of sp³-hybridized carbons (Fsp3) is 0.600. The second-order valence-electron chi connectivity index (χ2n) is 9.03. The average Bonchev–Trinajstić information content (AvgIpc) is 2.89. The number of nitrogens with two attached hydrogens (primary N) is 1. The standard InChI is InChI=1S/C17H35N5.C11H16O2.C2H7N/c1-8-14(4)17(13(2)3)22-16(20-7)10-9-15(11-18-5)21-12-19-6;1-5-6-10(11(12)13-4)8-7-9(2)3;1-2-3/h9-10,12-14,17-18,20,22H,8,11H2,1-7H3,(H,19,21);6-8H,2,5H2,1,3-4H3;2-3H2,1H3/b15-9+,16-10+;8-7-,10-6+;. The van der Waals surface area contributed by atoms with Gasteiger partial charge in [0.1, 0.15) is 0 Å². The van der Waals surface area contributed by atoms with Crippen LogP contribution in [0, 0.1) is 11.8 Å². The van der Waals surface area contributed by atoms with Crippen LogP contribution in [0.25, 0.3) is 0 Å². The first kappa shape index (κ1) is 39.7. The number of allylic oxidation sites excluding steroid dienone is 5. The first-order valence-corrected chi connectivity index (χ1v) is 13.5. The summed E-state index contributed by atoms with van der Waals surface area (Å²) in [7, 11) is 7.00. The maximum Gasteiger partial charge on any atom is 0.337 e. The molecule has 0 aromatic heterocycles. The summed E-state index contributed by atoms with van der Waals surface area (Å²) in [6, 6.07) is 0.454. The summed E-state index contributed by atoms with van der Waals surface area (Å²) in [5.74, 6) is 1.93. The first-order chi connectivity index (χ1) is 18.0. The highest BCUT2D eigenvalue weighted by Crippen LogP contribution is 2.16. The minimum Gasteiger partial charge on any atom is -0.465 e. The third kappa shape index (κ3) is 22.4. The smallest absolute Gasteiger partial charge is 0.337 e. The van der Waals surface area contributed by atoms with Crippen molar-refractivity contribution in [2.75, 3.05) is 41.3 Å². The molecule has 0 aromatic rings. The van der Waals surface area contributed by atoms with E-state index in [9.17, 15) is 4.79 Å². The average molecular weight is 535 g/mol. The van der Waals surface area contributed by atoms with E-state index in [4.69, 9.17) is 5.73 Å². The van der Waals surface area contributed by atoms with Crippen LogP contribution < -0.4 is 27.0 Å². The van der Waals surface area contributed by atoms with Crippen molar-refractivity contribution in [3.05, 3.63) is 59.6 Å². The molecule has 0 aliphatic carbocycles. The maximum atomic E-state index is 11.1. The van der Waals surface area contributed by atoms with Crippen molar-refractivity contribution in [3.8, 4) is 0 Å². The Labute approximate surface area is 234 Å². The van der Waals surface area contributed by atoms with Gasteiger partial charge >= 0.3 is 5.97 Å². The van der Waals surface area contributed by atoms with Gasteiger partial charge in [0.15, 0.2) is 0 Å². The number of nitrogens with one attached hydrogen (secondary N) is 4. The molecule has 0 aliphatic rings. The van der Waals surface area contributed by atoms with Crippen LogP contribution in [0.5, 0.6) is 0 Å². The molecule has 6 N–H and O–H groups in total. The van der Waals surface area contributed by atoms with Gasteiger partial charge in [-0.15, -0.1) is 0 Å². The third-order valence-corrected chi connectivity index (χ3v) is 5.16. The van der Waals surface area contributed by atoms with E-state index in [1.165, 1.54) is 13.5 Å². The molecule has 8 heteroatoms. The molecule has 0 saturated heterocycles. The monoisotopic (exact) mass is 534 g/mol. The molecule has 0 amide bonds. The fourth-order valence-electron chi connectivity index (χ4n) is 3.07. The zero-order valence-corrected chi connectivity index (χ0v) is 26.1. The number of esters is 1. The van der Waals surface area contributed by atoms with E-state index in [1.807, 2.05) is 40.9 Å². The van der Waals surface area contributed by atoms with Crippen molar-refractivity contribution in [1.82, 2.24) is 21.3 Å². The number of rotatable bonds is 15. The number of nitrogens with zero attached hydrogens (tertiary/aromatic N) is 1. The first-order valence-electron chi connectivity index (χ1n) is 13.5. The molecule has 0 aromatic carbocycles. The van der Waals surface area contributed by atoms with Gasteiger partial charge in [0.05, 0.1) is 24.8 Å². The highest BCUT2D eigenvalue weighted by atomic mass is 16.5. The maximum absolute atomic E-state index is 11.1. The summed E-state index contributed by atoms with van der Waals surface area (Å²) in [4.78, 5) is 15.1. The molecule has 2 atom stereocenters. The zero-order chi connectivity index (χ0) is 29.9. The van der Waals surface area contributed by atoms with Gasteiger partial charge in [-0.3, -0.25) is 4.99 Å². The van der Waals surface area contributed by atoms with Crippen LogP contribution in [0.4, 0.5) is 0 Å². The third-order valence-electron chi connectivity index (χ3n) is 5.16. The van der Waals surface area contributed by atoms with E-state index in [2.05, 4.69) is 77.4 Å². The van der Waals surface area contributed by atoms with Gasteiger partial charge in [0.25, 0.3) is 0 Å². The van der Waals surface area contributed by atoms with Crippen molar-refractivity contribution < 1.29 is 9.53 Å². The highest BCUT2D eigenvalue weighted by Gasteiger charge is 2.19. The Bertz CT molecular complexity index is 767. The number of hydrogen-bond acceptors (Lipinski definition) is 7. The summed E-state index contributed by atoms with van der Waals surface area (Å²) in [5, 5.41) is 13.2. The minimum absolute atomic E-state index is 0.306. The Morgan fingerprint density at radius 2 is 1.71 bits per heavy atom. The Hall–Kier alpha value is -2.84. The van der Waals surface area contributed by atoms with Gasteiger partial charge in [0.2, 0.25) is 0 Å². The number of carbonyl (C=O) groups excluding carboxylic acids is 1. The molecule has 0 spiro atoms. The van der Waals surface area contributed by atoms with Gasteiger partial charge in [-0.05, 0) is 57.0 Å². The Kier molecular flexibility index (Phi) is 28.4. The van der Waals surface area contributed by atoms with Crippen molar-refractivity contribution in [3.63, 3.8) is 0 Å². The lowest BCUT2D eigenvalue weighted by molar-refractivity contribution is -0.135. The predicted molar refractivity (Wildman–Crippen MR) is 167 cm³/mol. The lowest BCUT2D eigenvalue weighted by atomic mass is 9.90. The van der Waals surface area contributed by atoms with Crippen LogP contribution >= 0.6 is 0 Å². The Morgan fingerprint density at radius 1 is 1.11 bits per heavy atom. The number of carbonyl (C=O) groups is 1. The number of methoxy groups -OCH3 is 1. The summed E-state index contributed by atoms with van der Waals surface area (Å²) in [6.07, 6.45) is 13.1. The number of likely N-dealkylation sites (N-methyl/N-ethyl adjacent to an activating group) is 1. The van der Waals surface area contributed by atoms with Crippen molar-refractivity contribution in [2.45, 2.75) is 67.3 Å². The second-order valence-corrected chi connectivity index (χ2v) is 9.03. The van der Waals surface area contributed by atoms with E-state index in [1.54, 1.807) is 25.5 Å². The largest absolute Gasteiger partial charge is 0.465 e. The molecule has 0 heterocycles. The SMILES string of the molecule is C=C(C)/C=C\C(=C/CC)C(=O)OC.CCC(C)C(N/C(=C/C=C(\CNC)NC=NC)NC)C(C)C.CCN. The summed E-state index contributed by atoms with van der Waals surface area (Å²) in [5.41, 5.74) is 7.39. The van der Waals surface area contributed by atoms with Crippen LogP contribution in [0.3, 0.4) is 0 Å². The van der Waals surface area contributed by atoms with Gasteiger partial charge in [-0.25, -0.2) is 4.79 Å². The molecular formula is C30H58N6O2. The zero-order valence-electron chi connectivity index (χ0n) is 26.1. The minimum atomic E-state index is -0.306. The van der Waals surface area contributed by atoms with Gasteiger partial charge in [0, 0.05) is 32.4 Å². The number of hydrogen-bond donors (Lipinski definition) is 5. The second kappa shape index (κ2) is 27.2. The van der Waals surface area contributed by atoms with E-state index in [-0.39, 0.29) is 5.97 Å². The van der Waals surface area contributed by atoms with E-state index >= 15 is 0 Å². The van der Waals surface area contributed by atoms with E-state index in [0.29, 0.717) is 23.5 Å². The van der Waals surface area contributed by atoms with Gasteiger partial charge < -0.3 is 31.7 Å². The summed E-state index contributed by atoms with van der Waals surface area (Å²) >= 11 is 0. The summed E-state index contributed by atoms with van der Waals surface area (Å²) < 4.78 is 4.61. The van der Waals surface area contributed by atoms with Crippen LogP contribution in [0.1, 0.15) is 61.3 Å². The van der Waals surface area contributed by atoms with E-state index in [0.717, 1.165) is 36.6 Å². The Balaban J connectivity index is -0.000000647. The van der Waals surface area contributed by atoms with Crippen LogP contribution in [-0.2, 0) is 9.53 Å². The van der Waals surface area contributed by atoms with Crippen LogP contribution in [0.15, 0.2) is 64.6 Å². The molecule has 0 rings (SSSR count). The van der Waals surface area contributed by atoms with Crippen molar-refractivity contribution in [1.29, 1.82) is 0 Å². The fourth-order valence-corrected chi connectivity index (χ4v) is 3.07. The molecule has 2 unspecified atom stereocenters. The normalized spacial score (nSPS) is 13.8. The lowest BCUT2D eigenvalue weighted by Crippen LogP contribution is -2.41. The molecule has 8 nitrogen and oxygen atoms in total. The number of ether oxygens (including phenoxy) is 1. The molecule has 38 heavy (non-hydrogen) atoms. The van der Waals surface area contributed by atoms with Crippen LogP contribution in [0.2, 0.25) is 0 Å². The van der Waals surface area contributed by atoms with Gasteiger partial charge in [-0.1, -0.05) is 72.3 Å². The molecule has 0 bridgehead atoms. The molecule has 220 valence electrons. The molecule has 0 aliphatic heterocycles. The molecule has 0 radical (unpaired) electrons. The highest BCUT2D eigenvalue weighted by molar-refractivity contribution is 5.91. The van der Waals surface area contributed by atoms with Crippen molar-refractivity contribution in [2.24, 2.45) is 22.6 Å². The molecule has 0 saturated carbocycles. The van der Waals surface area contributed by atoms with E-state index < -0.39 is 0 Å². The lowest BCUT2D eigenvalue weighted by Gasteiger charge is -2.30. The summed E-state index contributed by atoms with van der Waals surface area (Å²) in [6.45, 7) is 20.0. The number of aliphatic imine (C=N–C) groups is 1. The predicted octanol–water partition coefficient (Wildman–Crippen LogP) is 4.65. The molecular weight excluding hydrogens is 476 g/mol. The Morgan fingerprint density at radius 3 is 2.11 bits per heavy atom. The molecule has 0 fully saturated rings. The quantitative estimate of drug-likeness (QED) is 0.0683. The van der Waals surface area contributed by atoms with Crippen LogP contribution in [-0.4, -0.2) is 59.7 Å². The topological polar surface area (TPSA) is 113 Å². The van der Waals surface area contributed by atoms with Crippen molar-refractivity contribution >= 4 is 12.3 Å². The van der Waals surface area contributed by atoms with Gasteiger partial charge in [-0.2, -0.15) is 0 Å².